The molecule has 132 valence electrons. The molecular weight excluding hydrogens is 507 g/mol. The van der Waals surface area contributed by atoms with Crippen molar-refractivity contribution in [1.29, 1.82) is 0 Å². The summed E-state index contributed by atoms with van der Waals surface area (Å²) in [5.41, 5.74) is 10.6. The Labute approximate surface area is 148 Å². The van der Waals surface area contributed by atoms with E-state index in [4.69, 9.17) is 16.6 Å². The smallest absolute Gasteiger partial charge is 0.872 e. The van der Waals surface area contributed by atoms with Gasteiger partial charge in [-0.25, -0.2) is 13.2 Å². The topological polar surface area (TPSA) is 170 Å². The fraction of sp³-hybridized carbons (Fsp3) is 0.462. The zero-order valence-corrected chi connectivity index (χ0v) is 15.2. The fourth-order valence-corrected chi connectivity index (χ4v) is 2.52. The maximum atomic E-state index is 10.9. The summed E-state index contributed by atoms with van der Waals surface area (Å²) in [5.74, 6) is -2.41. The van der Waals surface area contributed by atoms with Crippen LogP contribution >= 0.6 is 0 Å². The second kappa shape index (κ2) is 9.34. The predicted molar refractivity (Wildman–Crippen MR) is 75.2 cm³/mol. The summed E-state index contributed by atoms with van der Waals surface area (Å²) in [6.45, 7) is 0. The van der Waals surface area contributed by atoms with E-state index in [0.29, 0.717) is 6.07 Å². The van der Waals surface area contributed by atoms with Gasteiger partial charge in [-0.3, -0.25) is 0 Å². The zero-order valence-electron chi connectivity index (χ0n) is 12.1. The average Bonchev–Trinajstić information content (AvgIpc) is 2.42. The second-order valence-electron chi connectivity index (χ2n) is 5.03. The summed E-state index contributed by atoms with van der Waals surface area (Å²) in [6.07, 6.45) is 4.80. The Bertz CT molecular complexity index is 627. The maximum Gasteiger partial charge on any atom is 2.00 e. The third-order valence-electron chi connectivity index (χ3n) is 3.34. The molecule has 0 unspecified atom stereocenters. The number of hydrogen-bond acceptors (Lipinski definition) is 7. The molecule has 0 saturated heterocycles. The van der Waals surface area contributed by atoms with Crippen molar-refractivity contribution in [3.8, 4) is 5.75 Å². The van der Waals surface area contributed by atoms with Gasteiger partial charge < -0.3 is 26.2 Å². The molecule has 1 aromatic rings. The number of nitrogens with two attached hydrogens (primary N) is 2. The first-order valence-corrected chi connectivity index (χ1v) is 8.05. The number of carboxylic acid groups (broad SMARTS) is 1. The van der Waals surface area contributed by atoms with E-state index in [-0.39, 0.29) is 33.1 Å². The number of aromatic carboxylic acids is 1. The number of benzene rings is 1. The molecule has 0 radical (unpaired) electrons. The van der Waals surface area contributed by atoms with Crippen LogP contribution in [0, 0.1) is 0 Å². The minimum absolute atomic E-state index is 0. The standard InChI is InChI=1S/C7H6O6S.C6H14N2.Pt/c8-6-2-1-4(14(11,12)13)3-5(6)7(9)10;7-5-3-1-2-4-6(5)8;/h1-3,8H,(H,9,10)(H,11,12,13);5-6H,1-4,7-8H2;/q;;+2/p-2/t;5-,6-;/m.1./s1. The molecule has 1 aliphatic carbocycles. The van der Waals surface area contributed by atoms with Crippen molar-refractivity contribution >= 4 is 16.1 Å². The van der Waals surface area contributed by atoms with E-state index >= 15 is 0 Å². The van der Waals surface area contributed by atoms with Crippen LogP contribution in [-0.4, -0.2) is 36.1 Å². The molecule has 0 aliphatic heterocycles. The molecule has 2 rings (SSSR count). The number of hydrogen-bond donors (Lipinski definition) is 3. The summed E-state index contributed by atoms with van der Waals surface area (Å²) in [4.78, 5) is 9.68. The summed E-state index contributed by atoms with van der Waals surface area (Å²) >= 11 is 0. The van der Waals surface area contributed by atoms with Crippen LogP contribution in [-0.2, 0) is 31.2 Å². The van der Waals surface area contributed by atoms with E-state index in [9.17, 15) is 22.9 Å². The van der Waals surface area contributed by atoms with Crippen molar-refractivity contribution in [1.82, 2.24) is 0 Å². The van der Waals surface area contributed by atoms with Gasteiger partial charge in [0.05, 0.1) is 10.5 Å². The van der Waals surface area contributed by atoms with Gasteiger partial charge in [0.15, 0.2) is 0 Å². The van der Waals surface area contributed by atoms with Crippen LogP contribution in [0.5, 0.6) is 5.75 Å². The molecule has 0 spiro atoms. The Balaban J connectivity index is 0.000000460. The van der Waals surface area contributed by atoms with E-state index in [0.717, 1.165) is 25.0 Å². The Morgan fingerprint density at radius 1 is 1.17 bits per heavy atom. The van der Waals surface area contributed by atoms with E-state index in [1.54, 1.807) is 0 Å². The maximum absolute atomic E-state index is 10.9. The normalized spacial score (nSPS) is 20.7. The molecule has 5 N–H and O–H groups in total. The molecule has 0 heterocycles. The van der Waals surface area contributed by atoms with Gasteiger partial charge in [0.25, 0.3) is 0 Å². The first kappa shape index (κ1) is 22.0. The third-order valence-corrected chi connectivity index (χ3v) is 4.18. The molecule has 1 fully saturated rings. The van der Waals surface area contributed by atoms with Crippen molar-refractivity contribution in [2.75, 3.05) is 0 Å². The Kier molecular flexibility index (Phi) is 8.94. The molecule has 8 nitrogen and oxygen atoms in total. The van der Waals surface area contributed by atoms with Crippen LogP contribution in [0.1, 0.15) is 36.0 Å². The average molecular weight is 525 g/mol. The van der Waals surface area contributed by atoms with Crippen molar-refractivity contribution in [2.24, 2.45) is 11.5 Å². The number of carbonyl (C=O) groups is 1. The zero-order chi connectivity index (χ0) is 16.9. The number of carboxylic acids is 1. The molecule has 0 aromatic heterocycles. The Hall–Kier alpha value is -0.992. The monoisotopic (exact) mass is 525 g/mol. The molecule has 0 bridgehead atoms. The summed E-state index contributed by atoms with van der Waals surface area (Å²) in [7, 11) is -4.73. The Morgan fingerprint density at radius 2 is 1.65 bits per heavy atom. The molecule has 23 heavy (non-hydrogen) atoms. The predicted octanol–water partition coefficient (Wildman–Crippen LogP) is -0.425. The third kappa shape index (κ3) is 6.97. The van der Waals surface area contributed by atoms with Crippen LogP contribution in [0.4, 0.5) is 0 Å². The molecule has 2 atom stereocenters. The van der Waals surface area contributed by atoms with Crippen molar-refractivity contribution < 1.29 is 49.0 Å². The van der Waals surface area contributed by atoms with Crippen LogP contribution in [0.2, 0.25) is 0 Å². The van der Waals surface area contributed by atoms with Crippen LogP contribution in [0.3, 0.4) is 0 Å². The summed E-state index contributed by atoms with van der Waals surface area (Å²) in [6, 6.07) is 2.62. The van der Waals surface area contributed by atoms with Gasteiger partial charge >= 0.3 is 27.0 Å². The van der Waals surface area contributed by atoms with E-state index in [1.165, 1.54) is 12.8 Å². The Morgan fingerprint density at radius 3 is 2.00 bits per heavy atom. The van der Waals surface area contributed by atoms with Gasteiger partial charge in [0.1, 0.15) is 10.1 Å². The molecule has 10 heteroatoms. The largest absolute Gasteiger partial charge is 2.00 e. The summed E-state index contributed by atoms with van der Waals surface area (Å²) < 4.78 is 31.4. The summed E-state index contributed by atoms with van der Waals surface area (Å²) in [5, 5.41) is 19.3. The van der Waals surface area contributed by atoms with Gasteiger partial charge in [0, 0.05) is 12.1 Å². The SMILES string of the molecule is N[C@@H]1CCCC[C@H]1N.O=C(O)c1cc(S(=O)(=O)[O-])ccc1[O-].[Pt+2]. The van der Waals surface area contributed by atoms with Gasteiger partial charge in [-0.05, 0) is 25.0 Å². The van der Waals surface area contributed by atoms with E-state index in [1.807, 2.05) is 0 Å². The van der Waals surface area contributed by atoms with Crippen LogP contribution < -0.4 is 16.6 Å². The van der Waals surface area contributed by atoms with Gasteiger partial charge in [-0.1, -0.05) is 24.7 Å². The van der Waals surface area contributed by atoms with Crippen molar-refractivity contribution in [3.63, 3.8) is 0 Å². The van der Waals surface area contributed by atoms with Gasteiger partial charge in [-0.15, -0.1) is 0 Å². The molecule has 1 aliphatic rings. The molecule has 1 saturated carbocycles. The van der Waals surface area contributed by atoms with E-state index < -0.39 is 32.3 Å². The number of rotatable bonds is 2. The first-order chi connectivity index (χ1) is 10.1. The quantitative estimate of drug-likeness (QED) is 0.437. The second-order valence-corrected chi connectivity index (χ2v) is 6.41. The molecule has 1 aromatic carbocycles. The van der Waals surface area contributed by atoms with Crippen LogP contribution in [0.25, 0.3) is 0 Å². The minimum atomic E-state index is -4.73. The van der Waals surface area contributed by atoms with Crippen LogP contribution in [0.15, 0.2) is 23.1 Å². The minimum Gasteiger partial charge on any atom is -0.872 e. The van der Waals surface area contributed by atoms with E-state index in [2.05, 4.69) is 0 Å². The van der Waals surface area contributed by atoms with Crippen molar-refractivity contribution in [2.45, 2.75) is 42.7 Å². The van der Waals surface area contributed by atoms with Gasteiger partial charge in [0.2, 0.25) is 0 Å². The molecular formula is C13H18N2O6PtS. The molecule has 0 amide bonds. The first-order valence-electron chi connectivity index (χ1n) is 6.64. The van der Waals surface area contributed by atoms with Crippen molar-refractivity contribution in [3.05, 3.63) is 23.8 Å². The fourth-order valence-electron chi connectivity index (χ4n) is 2.02. The van der Waals surface area contributed by atoms with Gasteiger partial charge in [-0.2, -0.15) is 0 Å².